The van der Waals surface area contributed by atoms with Crippen LogP contribution >= 0.6 is 11.6 Å². The quantitative estimate of drug-likeness (QED) is 0.168. The summed E-state index contributed by atoms with van der Waals surface area (Å²) in [6.45, 7) is 0.850. The lowest BCUT2D eigenvalue weighted by atomic mass is 10.0. The predicted molar refractivity (Wildman–Crippen MR) is 170 cm³/mol. The van der Waals surface area contributed by atoms with Gasteiger partial charge in [-0.3, -0.25) is 0 Å². The van der Waals surface area contributed by atoms with Crippen LogP contribution in [0.3, 0.4) is 0 Å². The highest BCUT2D eigenvalue weighted by Crippen LogP contribution is 2.40. The minimum atomic E-state index is -0.475. The monoisotopic (exact) mass is 607 g/mol. The first kappa shape index (κ1) is 29.6. The number of nitrogens with zero attached hydrogens (tertiary/aromatic N) is 3. The molecule has 0 spiro atoms. The van der Waals surface area contributed by atoms with E-state index in [9.17, 15) is 9.59 Å². The van der Waals surface area contributed by atoms with Gasteiger partial charge in [0.2, 0.25) is 0 Å². The molecule has 2 aliphatic carbocycles. The van der Waals surface area contributed by atoms with Gasteiger partial charge in [0.15, 0.2) is 11.4 Å². The van der Waals surface area contributed by atoms with Crippen LogP contribution in [0.4, 0.5) is 0 Å². The van der Waals surface area contributed by atoms with Crippen molar-refractivity contribution in [2.45, 2.75) is 50.5 Å². The Labute approximate surface area is 261 Å². The number of aromatic nitrogens is 3. The minimum Gasteiger partial charge on any atom is -0.464 e. The molecule has 7 nitrogen and oxygen atoms in total. The maximum Gasteiger partial charge on any atom is 0.358 e. The van der Waals surface area contributed by atoms with Crippen LogP contribution < -0.4 is 0 Å². The normalized spacial score (nSPS) is 14.1. The molecule has 0 radical (unpaired) electrons. The Bertz CT molecular complexity index is 1810. The van der Waals surface area contributed by atoms with Gasteiger partial charge in [-0.15, -0.1) is 0 Å². The lowest BCUT2D eigenvalue weighted by Gasteiger charge is -2.10. The van der Waals surface area contributed by atoms with Crippen LogP contribution in [0.15, 0.2) is 85.1 Å². The molecule has 0 N–H and O–H groups in total. The molecule has 0 aliphatic heterocycles. The molecule has 5 aromatic rings. The van der Waals surface area contributed by atoms with Crippen molar-refractivity contribution < 1.29 is 19.1 Å². The summed E-state index contributed by atoms with van der Waals surface area (Å²) in [5, 5.41) is 1.55. The third kappa shape index (κ3) is 6.84. The van der Waals surface area contributed by atoms with Crippen LogP contribution in [-0.4, -0.2) is 40.7 Å². The maximum atomic E-state index is 12.3. The highest BCUT2D eigenvalue weighted by atomic mass is 35.5. The second kappa shape index (κ2) is 13.0. The van der Waals surface area contributed by atoms with Crippen molar-refractivity contribution in [3.8, 4) is 0 Å². The predicted octanol–water partition coefficient (Wildman–Crippen LogP) is 7.74. The Balaban J connectivity index is 0.000000205. The smallest absolute Gasteiger partial charge is 0.358 e. The highest BCUT2D eigenvalue weighted by Gasteiger charge is 2.28. The van der Waals surface area contributed by atoms with Gasteiger partial charge in [0, 0.05) is 41.5 Å². The molecule has 0 bridgehead atoms. The average Bonchev–Trinajstić information content (AvgIpc) is 4.00. The maximum absolute atomic E-state index is 12.3. The third-order valence-corrected chi connectivity index (χ3v) is 8.35. The summed E-state index contributed by atoms with van der Waals surface area (Å²) < 4.78 is 11.8. The van der Waals surface area contributed by atoms with Gasteiger partial charge >= 0.3 is 11.9 Å². The molecule has 224 valence electrons. The van der Waals surface area contributed by atoms with Gasteiger partial charge in [-0.05, 0) is 90.6 Å². The minimum absolute atomic E-state index is 0.221. The van der Waals surface area contributed by atoms with E-state index in [1.165, 1.54) is 30.7 Å². The molecule has 8 heteroatoms. The molecule has 3 aromatic heterocycles. The van der Waals surface area contributed by atoms with Crippen molar-refractivity contribution in [1.29, 1.82) is 0 Å². The number of esters is 2. The number of methoxy groups -OCH3 is 2. The summed E-state index contributed by atoms with van der Waals surface area (Å²) in [5.41, 5.74) is 7.17. The molecule has 2 aliphatic rings. The van der Waals surface area contributed by atoms with Crippen molar-refractivity contribution in [2.24, 2.45) is 0 Å². The number of benzene rings is 2. The van der Waals surface area contributed by atoms with Crippen molar-refractivity contribution in [3.05, 3.63) is 130 Å². The number of halogens is 1. The number of fused-ring (bicyclic) bond motifs is 1. The molecule has 44 heavy (non-hydrogen) atoms. The van der Waals surface area contributed by atoms with Crippen LogP contribution in [-0.2, 0) is 22.4 Å². The number of hydrogen-bond acceptors (Lipinski definition) is 6. The lowest BCUT2D eigenvalue weighted by molar-refractivity contribution is 0.0584. The first-order chi connectivity index (χ1) is 21.4. The number of carbonyl (C=O) groups excluding carboxylic acids is 2. The second-order valence-electron chi connectivity index (χ2n) is 11.3. The standard InChI is InChI=1S/C26H24N2O2.C10H10ClNO2/c1-30-26(29)25-22(10-11-23(27-25)20-8-9-20)16-19-7-12-24-21(15-19)13-14-28(24)17-18-5-3-2-4-6-18;1-14-10(13)9-7(11)4-5-8(12-9)6-2-3-6/h2-7,10-15,20H,8-9,16-17H2,1H3;4-6H,2-3H2,1H3. The van der Waals surface area contributed by atoms with E-state index >= 15 is 0 Å². The van der Waals surface area contributed by atoms with E-state index in [0.717, 1.165) is 54.7 Å². The molecule has 2 saturated carbocycles. The van der Waals surface area contributed by atoms with Gasteiger partial charge in [-0.2, -0.15) is 0 Å². The van der Waals surface area contributed by atoms with E-state index in [2.05, 4.69) is 80.1 Å². The fourth-order valence-electron chi connectivity index (χ4n) is 5.33. The van der Waals surface area contributed by atoms with Gasteiger partial charge in [0.25, 0.3) is 0 Å². The molecule has 0 saturated heterocycles. The summed E-state index contributed by atoms with van der Waals surface area (Å²) in [6.07, 6.45) is 7.40. The molecule has 0 amide bonds. The van der Waals surface area contributed by atoms with E-state index in [1.54, 1.807) is 6.07 Å². The Morgan fingerprint density at radius 2 is 1.41 bits per heavy atom. The van der Waals surface area contributed by atoms with Gasteiger partial charge in [-0.1, -0.05) is 54.1 Å². The summed E-state index contributed by atoms with van der Waals surface area (Å²) in [7, 11) is 2.74. The molecular formula is C36H34ClN3O4. The SMILES string of the molecule is COC(=O)c1nc(C2CC2)ccc1Cc1ccc2c(ccn2Cc2ccccc2)c1.COC(=O)c1nc(C2CC2)ccc1Cl. The van der Waals surface area contributed by atoms with E-state index < -0.39 is 5.97 Å². The van der Waals surface area contributed by atoms with Crippen molar-refractivity contribution in [3.63, 3.8) is 0 Å². The molecule has 7 rings (SSSR count). The highest BCUT2D eigenvalue weighted by molar-refractivity contribution is 6.33. The van der Waals surface area contributed by atoms with Gasteiger partial charge in [0.1, 0.15) is 0 Å². The Hall–Kier alpha value is -4.49. The number of carbonyl (C=O) groups is 2. The molecule has 0 unspecified atom stereocenters. The van der Waals surface area contributed by atoms with E-state index in [-0.39, 0.29) is 11.7 Å². The zero-order valence-electron chi connectivity index (χ0n) is 24.8. The zero-order valence-corrected chi connectivity index (χ0v) is 25.6. The first-order valence-corrected chi connectivity index (χ1v) is 15.3. The van der Waals surface area contributed by atoms with E-state index in [0.29, 0.717) is 29.0 Å². The largest absolute Gasteiger partial charge is 0.464 e. The number of ether oxygens (including phenoxy) is 2. The summed E-state index contributed by atoms with van der Waals surface area (Å²) in [5.74, 6) is 0.180. The molecule has 0 atom stereocenters. The fourth-order valence-corrected chi connectivity index (χ4v) is 5.51. The van der Waals surface area contributed by atoms with Gasteiger partial charge < -0.3 is 14.0 Å². The Morgan fingerprint density at radius 1 is 0.773 bits per heavy atom. The lowest BCUT2D eigenvalue weighted by Crippen LogP contribution is -2.10. The number of pyridine rings is 2. The molecule has 2 aromatic carbocycles. The van der Waals surface area contributed by atoms with Gasteiger partial charge in [-0.25, -0.2) is 19.6 Å². The van der Waals surface area contributed by atoms with Crippen LogP contribution in [0, 0.1) is 0 Å². The van der Waals surface area contributed by atoms with Gasteiger partial charge in [0.05, 0.1) is 19.2 Å². The summed E-state index contributed by atoms with van der Waals surface area (Å²) in [6, 6.07) is 26.8. The fraction of sp³-hybridized carbons (Fsp3) is 0.278. The first-order valence-electron chi connectivity index (χ1n) is 14.9. The topological polar surface area (TPSA) is 83.3 Å². The van der Waals surface area contributed by atoms with E-state index in [1.807, 2.05) is 18.2 Å². The Morgan fingerprint density at radius 3 is 2.07 bits per heavy atom. The second-order valence-corrected chi connectivity index (χ2v) is 11.7. The third-order valence-electron chi connectivity index (χ3n) is 8.04. The summed E-state index contributed by atoms with van der Waals surface area (Å²) >= 11 is 5.83. The Kier molecular flexibility index (Phi) is 8.75. The number of hydrogen-bond donors (Lipinski definition) is 0. The van der Waals surface area contributed by atoms with Crippen LogP contribution in [0.2, 0.25) is 5.02 Å². The number of rotatable bonds is 8. The van der Waals surface area contributed by atoms with Crippen molar-refractivity contribution in [2.75, 3.05) is 14.2 Å². The van der Waals surface area contributed by atoms with E-state index in [4.69, 9.17) is 16.3 Å². The van der Waals surface area contributed by atoms with Crippen LogP contribution in [0.25, 0.3) is 10.9 Å². The average molecular weight is 608 g/mol. The summed E-state index contributed by atoms with van der Waals surface area (Å²) in [4.78, 5) is 32.4. The molecular weight excluding hydrogens is 574 g/mol. The van der Waals surface area contributed by atoms with Crippen molar-refractivity contribution in [1.82, 2.24) is 14.5 Å². The van der Waals surface area contributed by atoms with Crippen molar-refractivity contribution >= 4 is 34.4 Å². The zero-order chi connectivity index (χ0) is 30.6. The van der Waals surface area contributed by atoms with Crippen LogP contribution in [0.1, 0.15) is 86.6 Å². The van der Waals surface area contributed by atoms with Crippen LogP contribution in [0.5, 0.6) is 0 Å². The molecule has 2 fully saturated rings. The molecule has 3 heterocycles.